The molecule has 5 heteroatoms. The van der Waals surface area contributed by atoms with Crippen LogP contribution in [-0.4, -0.2) is 17.8 Å². The largest absolute Gasteiger partial charge is 0.352 e. The van der Waals surface area contributed by atoms with E-state index >= 15 is 0 Å². The molecule has 1 saturated carbocycles. The number of amides is 1. The number of rotatable bonds is 3. The fraction of sp³-hybridized carbons (Fsp3) is 0.500. The molecule has 1 aliphatic carbocycles. The van der Waals surface area contributed by atoms with Gasteiger partial charge in [-0.1, -0.05) is 6.42 Å². The number of nitrogens with one attached hydrogen (secondary N) is 1. The van der Waals surface area contributed by atoms with Gasteiger partial charge < -0.3 is 5.32 Å². The average molecular weight is 349 g/mol. The van der Waals surface area contributed by atoms with Gasteiger partial charge in [0.05, 0.1) is 4.47 Å². The molecule has 2 rings (SSSR count). The van der Waals surface area contributed by atoms with Gasteiger partial charge in [-0.2, -0.15) is 0 Å². The number of hydrogen-bond donors (Lipinski definition) is 1. The third-order valence-corrected chi connectivity index (χ3v) is 4.46. The van der Waals surface area contributed by atoms with Crippen molar-refractivity contribution >= 4 is 33.4 Å². The Labute approximate surface area is 125 Å². The molecule has 19 heavy (non-hydrogen) atoms. The Morgan fingerprint density at radius 2 is 2.26 bits per heavy atom. The van der Waals surface area contributed by atoms with Gasteiger partial charge in [-0.25, -0.2) is 4.39 Å². The Morgan fingerprint density at radius 3 is 2.95 bits per heavy atom. The maximum absolute atomic E-state index is 13.1. The monoisotopic (exact) mass is 347 g/mol. The number of hydrogen-bond acceptors (Lipinski definition) is 1. The molecular formula is C14H16BrClFNO. The van der Waals surface area contributed by atoms with Crippen molar-refractivity contribution in [1.29, 1.82) is 0 Å². The van der Waals surface area contributed by atoms with Gasteiger partial charge in [-0.05, 0) is 59.3 Å². The van der Waals surface area contributed by atoms with E-state index in [-0.39, 0.29) is 17.1 Å². The van der Waals surface area contributed by atoms with E-state index in [0.717, 1.165) is 25.7 Å². The average Bonchev–Trinajstić information content (AvgIpc) is 2.39. The van der Waals surface area contributed by atoms with Crippen LogP contribution in [0.15, 0.2) is 22.7 Å². The summed E-state index contributed by atoms with van der Waals surface area (Å²) < 4.78 is 13.4. The minimum Gasteiger partial charge on any atom is -0.352 e. The molecular weight excluding hydrogens is 333 g/mol. The van der Waals surface area contributed by atoms with Crippen molar-refractivity contribution in [2.45, 2.75) is 31.1 Å². The standard InChI is InChI=1S/C14H16BrClFNO/c15-12-7-10(4-5-13(12)17)14(19)18-8-9-2-1-3-11(16)6-9/h4-5,7,9,11H,1-3,6,8H2,(H,18,19). The molecule has 1 N–H and O–H groups in total. The van der Waals surface area contributed by atoms with Gasteiger partial charge in [0.2, 0.25) is 0 Å². The number of alkyl halides is 1. The number of halogens is 3. The lowest BCUT2D eigenvalue weighted by Crippen LogP contribution is -2.32. The molecule has 1 aliphatic rings. The van der Waals surface area contributed by atoms with E-state index in [4.69, 9.17) is 11.6 Å². The smallest absolute Gasteiger partial charge is 0.251 e. The van der Waals surface area contributed by atoms with E-state index < -0.39 is 0 Å². The van der Waals surface area contributed by atoms with Crippen LogP contribution in [-0.2, 0) is 0 Å². The van der Waals surface area contributed by atoms with Gasteiger partial charge in [-0.15, -0.1) is 11.6 Å². The number of carbonyl (C=O) groups excluding carboxylic acids is 1. The van der Waals surface area contributed by atoms with E-state index in [1.54, 1.807) is 0 Å². The van der Waals surface area contributed by atoms with E-state index in [1.807, 2.05) is 0 Å². The predicted octanol–water partition coefficient (Wildman–Crippen LogP) is 4.12. The molecule has 2 nitrogen and oxygen atoms in total. The Balaban J connectivity index is 1.88. The van der Waals surface area contributed by atoms with Crippen LogP contribution < -0.4 is 5.32 Å². The maximum atomic E-state index is 13.1. The molecule has 1 aromatic rings. The Bertz CT molecular complexity index is 469. The Hall–Kier alpha value is -0.610. The lowest BCUT2D eigenvalue weighted by Gasteiger charge is -2.25. The van der Waals surface area contributed by atoms with E-state index in [1.165, 1.54) is 18.2 Å². The van der Waals surface area contributed by atoms with Crippen LogP contribution in [0.3, 0.4) is 0 Å². The third-order valence-electron chi connectivity index (χ3n) is 3.45. The number of benzene rings is 1. The van der Waals surface area contributed by atoms with Crippen LogP contribution in [0.25, 0.3) is 0 Å². The Morgan fingerprint density at radius 1 is 1.47 bits per heavy atom. The minimum absolute atomic E-state index is 0.169. The molecule has 1 amide bonds. The highest BCUT2D eigenvalue weighted by Gasteiger charge is 2.20. The first-order valence-corrected chi connectivity index (χ1v) is 7.66. The second-order valence-corrected chi connectivity index (χ2v) is 6.44. The summed E-state index contributed by atoms with van der Waals surface area (Å²) in [6, 6.07) is 4.27. The zero-order chi connectivity index (χ0) is 13.8. The molecule has 0 aliphatic heterocycles. The summed E-state index contributed by atoms with van der Waals surface area (Å²) in [5, 5.41) is 3.13. The van der Waals surface area contributed by atoms with Gasteiger partial charge in [-0.3, -0.25) is 4.79 Å². The molecule has 1 fully saturated rings. The van der Waals surface area contributed by atoms with Crippen LogP contribution in [0.4, 0.5) is 4.39 Å². The molecule has 0 radical (unpaired) electrons. The van der Waals surface area contributed by atoms with Crippen LogP contribution in [0, 0.1) is 11.7 Å². The summed E-state index contributed by atoms with van der Waals surface area (Å²) in [6.45, 7) is 0.636. The molecule has 0 saturated heterocycles. The summed E-state index contributed by atoms with van der Waals surface area (Å²) in [5.74, 6) is -0.0877. The van der Waals surface area contributed by atoms with E-state index in [9.17, 15) is 9.18 Å². The second-order valence-electron chi connectivity index (χ2n) is 4.97. The first-order chi connectivity index (χ1) is 9.06. The first kappa shape index (κ1) is 14.8. The van der Waals surface area contributed by atoms with Crippen molar-refractivity contribution in [1.82, 2.24) is 5.32 Å². The second kappa shape index (κ2) is 6.71. The molecule has 0 spiro atoms. The van der Waals surface area contributed by atoms with Gasteiger partial charge in [0.15, 0.2) is 0 Å². The van der Waals surface area contributed by atoms with E-state index in [2.05, 4.69) is 21.2 Å². The predicted molar refractivity (Wildman–Crippen MR) is 78.0 cm³/mol. The van der Waals surface area contributed by atoms with Crippen LogP contribution >= 0.6 is 27.5 Å². The maximum Gasteiger partial charge on any atom is 0.251 e. The molecule has 2 unspecified atom stereocenters. The van der Waals surface area contributed by atoms with Gasteiger partial charge in [0.1, 0.15) is 5.82 Å². The zero-order valence-electron chi connectivity index (χ0n) is 10.5. The van der Waals surface area contributed by atoms with Crippen molar-refractivity contribution in [3.8, 4) is 0 Å². The van der Waals surface area contributed by atoms with Crippen LogP contribution in [0.2, 0.25) is 0 Å². The topological polar surface area (TPSA) is 29.1 Å². The lowest BCUT2D eigenvalue weighted by atomic mass is 9.89. The van der Waals surface area contributed by atoms with Crippen molar-refractivity contribution in [3.63, 3.8) is 0 Å². The summed E-state index contributed by atoms with van der Waals surface area (Å²) in [4.78, 5) is 11.9. The zero-order valence-corrected chi connectivity index (χ0v) is 12.8. The van der Waals surface area contributed by atoms with E-state index in [0.29, 0.717) is 22.5 Å². The molecule has 0 bridgehead atoms. The van der Waals surface area contributed by atoms with Crippen molar-refractivity contribution in [3.05, 3.63) is 34.1 Å². The minimum atomic E-state index is -0.367. The lowest BCUT2D eigenvalue weighted by molar-refractivity contribution is 0.0943. The highest BCUT2D eigenvalue weighted by Crippen LogP contribution is 2.27. The van der Waals surface area contributed by atoms with Crippen LogP contribution in [0.5, 0.6) is 0 Å². The highest BCUT2D eigenvalue weighted by molar-refractivity contribution is 9.10. The normalized spacial score (nSPS) is 23.1. The molecule has 2 atom stereocenters. The highest BCUT2D eigenvalue weighted by atomic mass is 79.9. The fourth-order valence-electron chi connectivity index (χ4n) is 2.39. The SMILES string of the molecule is O=C(NCC1CCCC(Cl)C1)c1ccc(F)c(Br)c1. The summed E-state index contributed by atoms with van der Waals surface area (Å²) in [7, 11) is 0. The Kier molecular flexibility index (Phi) is 5.22. The van der Waals surface area contributed by atoms with Crippen LogP contribution in [0.1, 0.15) is 36.0 Å². The molecule has 104 valence electrons. The summed E-state index contributed by atoms with van der Waals surface area (Å²) >= 11 is 9.20. The fourth-order valence-corrected chi connectivity index (χ4v) is 3.17. The quantitative estimate of drug-likeness (QED) is 0.818. The molecule has 0 aromatic heterocycles. The summed E-state index contributed by atoms with van der Waals surface area (Å²) in [5.41, 5.74) is 0.464. The summed E-state index contributed by atoms with van der Waals surface area (Å²) in [6.07, 6.45) is 4.25. The van der Waals surface area contributed by atoms with Crippen molar-refractivity contribution in [2.24, 2.45) is 5.92 Å². The number of carbonyl (C=O) groups is 1. The molecule has 1 aromatic carbocycles. The third kappa shape index (κ3) is 4.18. The van der Waals surface area contributed by atoms with Gasteiger partial charge >= 0.3 is 0 Å². The first-order valence-electron chi connectivity index (χ1n) is 6.43. The molecule has 0 heterocycles. The van der Waals surface area contributed by atoms with Gasteiger partial charge in [0.25, 0.3) is 5.91 Å². The van der Waals surface area contributed by atoms with Gasteiger partial charge in [0, 0.05) is 17.5 Å². The van der Waals surface area contributed by atoms with Crippen molar-refractivity contribution < 1.29 is 9.18 Å². The van der Waals surface area contributed by atoms with Crippen molar-refractivity contribution in [2.75, 3.05) is 6.54 Å².